The minimum absolute atomic E-state index is 0.286. The van der Waals surface area contributed by atoms with Crippen LogP contribution in [0.2, 0.25) is 0 Å². The van der Waals surface area contributed by atoms with E-state index < -0.39 is 0 Å². The van der Waals surface area contributed by atoms with Crippen LogP contribution < -0.4 is 0 Å². The van der Waals surface area contributed by atoms with Gasteiger partial charge in [-0.05, 0) is 25.3 Å². The van der Waals surface area contributed by atoms with Gasteiger partial charge < -0.3 is 5.11 Å². The van der Waals surface area contributed by atoms with Gasteiger partial charge in [0.05, 0.1) is 0 Å². The van der Waals surface area contributed by atoms with E-state index in [4.69, 9.17) is 5.11 Å². The van der Waals surface area contributed by atoms with E-state index in [1.807, 2.05) is 6.08 Å². The summed E-state index contributed by atoms with van der Waals surface area (Å²) in [6, 6.07) is 0. The van der Waals surface area contributed by atoms with Crippen molar-refractivity contribution < 1.29 is 5.11 Å². The van der Waals surface area contributed by atoms with Crippen molar-refractivity contribution in [3.63, 3.8) is 0 Å². The van der Waals surface area contributed by atoms with Gasteiger partial charge in [0, 0.05) is 13.0 Å². The first-order valence-corrected chi connectivity index (χ1v) is 5.16. The second-order valence-corrected chi connectivity index (χ2v) is 3.05. The predicted octanol–water partition coefficient (Wildman–Crippen LogP) is 2.90. The summed E-state index contributed by atoms with van der Waals surface area (Å²) in [7, 11) is 0. The lowest BCUT2D eigenvalue weighted by Gasteiger charge is -1.87. The second-order valence-electron chi connectivity index (χ2n) is 3.05. The highest BCUT2D eigenvalue weighted by Gasteiger charge is 1.80. The second kappa shape index (κ2) is 11.3. The Hall–Kier alpha value is -0.740. The molecule has 0 aliphatic rings. The van der Waals surface area contributed by atoms with Gasteiger partial charge in [-0.15, -0.1) is 0 Å². The molecule has 0 atom stereocenters. The summed E-state index contributed by atoms with van der Waals surface area (Å²) in [5.74, 6) is 6.04. The van der Waals surface area contributed by atoms with E-state index in [9.17, 15) is 0 Å². The van der Waals surface area contributed by atoms with E-state index in [2.05, 4.69) is 24.8 Å². The third-order valence-corrected chi connectivity index (χ3v) is 1.74. The molecule has 74 valence electrons. The first-order chi connectivity index (χ1) is 6.41. The minimum atomic E-state index is 0.286. The first kappa shape index (κ1) is 12.3. The minimum Gasteiger partial charge on any atom is -0.396 e. The van der Waals surface area contributed by atoms with E-state index >= 15 is 0 Å². The molecule has 0 spiro atoms. The van der Waals surface area contributed by atoms with Crippen LogP contribution in [0.25, 0.3) is 0 Å². The molecule has 0 saturated heterocycles. The van der Waals surface area contributed by atoms with Gasteiger partial charge >= 0.3 is 0 Å². The van der Waals surface area contributed by atoms with Gasteiger partial charge in [0.25, 0.3) is 0 Å². The lowest BCUT2D eigenvalue weighted by atomic mass is 10.2. The van der Waals surface area contributed by atoms with Crippen molar-refractivity contribution in [2.24, 2.45) is 0 Å². The molecule has 1 heteroatoms. The summed E-state index contributed by atoms with van der Waals surface area (Å²) < 4.78 is 0. The van der Waals surface area contributed by atoms with Crippen molar-refractivity contribution in [1.82, 2.24) is 0 Å². The third-order valence-electron chi connectivity index (χ3n) is 1.74. The molecule has 0 aliphatic heterocycles. The van der Waals surface area contributed by atoms with Gasteiger partial charge in [-0.2, -0.15) is 0 Å². The van der Waals surface area contributed by atoms with Crippen LogP contribution in [0.3, 0.4) is 0 Å². The van der Waals surface area contributed by atoms with E-state index in [1.165, 1.54) is 12.8 Å². The van der Waals surface area contributed by atoms with Crippen molar-refractivity contribution in [2.75, 3.05) is 6.61 Å². The molecule has 0 amide bonds. The van der Waals surface area contributed by atoms with Crippen molar-refractivity contribution in [3.8, 4) is 11.8 Å². The smallest absolute Gasteiger partial charge is 0.0431 e. The van der Waals surface area contributed by atoms with Crippen LogP contribution in [-0.4, -0.2) is 11.7 Å². The van der Waals surface area contributed by atoms with Gasteiger partial charge in [-0.3, -0.25) is 0 Å². The molecule has 1 nitrogen and oxygen atoms in total. The summed E-state index contributed by atoms with van der Waals surface area (Å²) in [5, 5.41) is 8.50. The number of hydrogen-bond donors (Lipinski definition) is 1. The summed E-state index contributed by atoms with van der Waals surface area (Å²) in [6.45, 7) is 2.47. The Kier molecular flexibility index (Phi) is 10.6. The van der Waals surface area contributed by atoms with E-state index in [0.717, 1.165) is 25.7 Å². The van der Waals surface area contributed by atoms with Gasteiger partial charge in [0.2, 0.25) is 0 Å². The maximum Gasteiger partial charge on any atom is 0.0431 e. The number of aliphatic hydroxyl groups is 1. The molecule has 0 bridgehead atoms. The van der Waals surface area contributed by atoms with Crippen LogP contribution >= 0.6 is 0 Å². The maximum absolute atomic E-state index is 8.50. The van der Waals surface area contributed by atoms with Gasteiger partial charge in [0.1, 0.15) is 0 Å². The first-order valence-electron chi connectivity index (χ1n) is 5.16. The molecular formula is C12H20O. The largest absolute Gasteiger partial charge is 0.396 e. The zero-order valence-electron chi connectivity index (χ0n) is 8.55. The Balaban J connectivity index is 3.22. The fraction of sp³-hybridized carbons (Fsp3) is 0.667. The zero-order valence-corrected chi connectivity index (χ0v) is 8.55. The fourth-order valence-electron chi connectivity index (χ4n) is 0.921. The monoisotopic (exact) mass is 180 g/mol. The molecule has 13 heavy (non-hydrogen) atoms. The standard InChI is InChI=1S/C12H20O/c1-2-3-4-5-6-7-8-9-10-11-12-13/h5-6,13H,2-4,9-12H2,1H3/b6-5+. The summed E-state index contributed by atoms with van der Waals surface area (Å²) in [5.41, 5.74) is 0. The molecule has 0 saturated carbocycles. The SMILES string of the molecule is CCCC/C=C/C#CCCCCO. The molecule has 0 rings (SSSR count). The number of hydrogen-bond acceptors (Lipinski definition) is 1. The summed E-state index contributed by atoms with van der Waals surface area (Å²) >= 11 is 0. The van der Waals surface area contributed by atoms with Crippen LogP contribution in [-0.2, 0) is 0 Å². The van der Waals surface area contributed by atoms with E-state index in [-0.39, 0.29) is 6.61 Å². The Bertz CT molecular complexity index is 171. The summed E-state index contributed by atoms with van der Waals surface area (Å²) in [4.78, 5) is 0. The lowest BCUT2D eigenvalue weighted by Crippen LogP contribution is -1.80. The van der Waals surface area contributed by atoms with Crippen LogP contribution in [0.5, 0.6) is 0 Å². The number of unbranched alkanes of at least 4 members (excludes halogenated alkanes) is 4. The van der Waals surface area contributed by atoms with Gasteiger partial charge in [-0.25, -0.2) is 0 Å². The van der Waals surface area contributed by atoms with Gasteiger partial charge in [0.15, 0.2) is 0 Å². The molecule has 0 radical (unpaired) electrons. The lowest BCUT2D eigenvalue weighted by molar-refractivity contribution is 0.285. The van der Waals surface area contributed by atoms with E-state index in [1.54, 1.807) is 0 Å². The van der Waals surface area contributed by atoms with Crippen molar-refractivity contribution in [3.05, 3.63) is 12.2 Å². The number of allylic oxidation sites excluding steroid dienone is 2. The number of aliphatic hydroxyl groups excluding tert-OH is 1. The highest BCUT2D eigenvalue weighted by atomic mass is 16.2. The van der Waals surface area contributed by atoms with Crippen molar-refractivity contribution in [1.29, 1.82) is 0 Å². The Morgan fingerprint density at radius 3 is 2.77 bits per heavy atom. The van der Waals surface area contributed by atoms with Crippen LogP contribution in [0.1, 0.15) is 45.4 Å². The Labute approximate surface area is 81.9 Å². The quantitative estimate of drug-likeness (QED) is 0.492. The molecular weight excluding hydrogens is 160 g/mol. The third kappa shape index (κ3) is 11.3. The topological polar surface area (TPSA) is 20.2 Å². The maximum atomic E-state index is 8.50. The number of rotatable bonds is 6. The molecule has 0 aromatic heterocycles. The molecule has 0 fully saturated rings. The fourth-order valence-corrected chi connectivity index (χ4v) is 0.921. The van der Waals surface area contributed by atoms with Crippen molar-refractivity contribution in [2.45, 2.75) is 45.4 Å². The summed E-state index contributed by atoms with van der Waals surface area (Å²) in [6.07, 6.45) is 10.5. The van der Waals surface area contributed by atoms with Crippen molar-refractivity contribution >= 4 is 0 Å². The highest BCUT2D eigenvalue weighted by Crippen LogP contribution is 1.94. The van der Waals surface area contributed by atoms with E-state index in [0.29, 0.717) is 0 Å². The van der Waals surface area contributed by atoms with Crippen LogP contribution in [0.4, 0.5) is 0 Å². The Morgan fingerprint density at radius 2 is 2.08 bits per heavy atom. The highest BCUT2D eigenvalue weighted by molar-refractivity contribution is 5.14. The predicted molar refractivity (Wildman–Crippen MR) is 57.4 cm³/mol. The average molecular weight is 180 g/mol. The molecule has 1 N–H and O–H groups in total. The van der Waals surface area contributed by atoms with Crippen LogP contribution in [0.15, 0.2) is 12.2 Å². The normalized spacial score (nSPS) is 10.0. The van der Waals surface area contributed by atoms with Gasteiger partial charge in [-0.1, -0.05) is 37.7 Å². The zero-order chi connectivity index (χ0) is 9.78. The molecule has 0 aromatic rings. The molecule has 0 aliphatic carbocycles. The average Bonchev–Trinajstić information content (AvgIpc) is 2.16. The van der Waals surface area contributed by atoms with Crippen LogP contribution in [0, 0.1) is 11.8 Å². The Morgan fingerprint density at radius 1 is 1.23 bits per heavy atom. The molecule has 0 heterocycles. The molecule has 0 unspecified atom stereocenters. The molecule has 0 aromatic carbocycles.